The minimum Gasteiger partial charge on any atom is -0.381 e. The van der Waals surface area contributed by atoms with E-state index in [1.807, 2.05) is 24.3 Å². The van der Waals surface area contributed by atoms with E-state index in [1.165, 1.54) is 31.7 Å². The zero-order valence-corrected chi connectivity index (χ0v) is 13.0. The lowest BCUT2D eigenvalue weighted by Crippen LogP contribution is -2.24. The summed E-state index contributed by atoms with van der Waals surface area (Å²) in [5, 5.41) is 6.81. The fourth-order valence-corrected chi connectivity index (χ4v) is 3.25. The summed E-state index contributed by atoms with van der Waals surface area (Å²) in [5.41, 5.74) is 2.45. The van der Waals surface area contributed by atoms with Gasteiger partial charge in [-0.25, -0.2) is 4.39 Å². The van der Waals surface area contributed by atoms with Gasteiger partial charge in [-0.15, -0.1) is 0 Å². The largest absolute Gasteiger partial charge is 0.381 e. The van der Waals surface area contributed by atoms with Gasteiger partial charge in [0, 0.05) is 6.04 Å². The predicted octanol–water partition coefficient (Wildman–Crippen LogP) is 5.56. The zero-order chi connectivity index (χ0) is 15.4. The number of rotatable bonds is 5. The normalized spacial score (nSPS) is 16.5. The van der Waals surface area contributed by atoms with E-state index in [0.29, 0.717) is 11.7 Å². The molecule has 3 heteroatoms. The minimum absolute atomic E-state index is 0.235. The molecule has 0 spiro atoms. The van der Waals surface area contributed by atoms with Crippen molar-refractivity contribution in [1.82, 2.24) is 0 Å². The highest BCUT2D eigenvalue weighted by Gasteiger charge is 2.21. The van der Waals surface area contributed by atoms with Gasteiger partial charge in [0.05, 0.1) is 17.1 Å². The van der Waals surface area contributed by atoms with Crippen molar-refractivity contribution in [2.45, 2.75) is 38.6 Å². The Hall–Kier alpha value is -2.03. The first-order chi connectivity index (χ1) is 10.7. The predicted molar refractivity (Wildman–Crippen MR) is 91.2 cm³/mol. The lowest BCUT2D eigenvalue weighted by Gasteiger charge is -2.23. The molecule has 2 nitrogen and oxygen atoms in total. The third-order valence-corrected chi connectivity index (χ3v) is 4.56. The minimum atomic E-state index is -0.235. The monoisotopic (exact) mass is 298 g/mol. The lowest BCUT2D eigenvalue weighted by molar-refractivity contribution is 0.482. The number of anilines is 3. The van der Waals surface area contributed by atoms with E-state index < -0.39 is 0 Å². The first kappa shape index (κ1) is 14.9. The molecule has 0 radical (unpaired) electrons. The van der Waals surface area contributed by atoms with Crippen molar-refractivity contribution < 1.29 is 4.39 Å². The van der Waals surface area contributed by atoms with Gasteiger partial charge in [-0.3, -0.25) is 0 Å². The maximum absolute atomic E-state index is 13.8. The highest BCUT2D eigenvalue weighted by atomic mass is 19.1. The smallest absolute Gasteiger partial charge is 0.146 e. The molecule has 0 amide bonds. The first-order valence-corrected chi connectivity index (χ1v) is 8.11. The molecular weight excluding hydrogens is 275 g/mol. The summed E-state index contributed by atoms with van der Waals surface area (Å²) in [6.45, 7) is 2.25. The van der Waals surface area contributed by atoms with Gasteiger partial charge in [0.25, 0.3) is 0 Å². The van der Waals surface area contributed by atoms with Crippen molar-refractivity contribution in [2.75, 3.05) is 10.6 Å². The Morgan fingerprint density at radius 3 is 2.18 bits per heavy atom. The molecule has 1 aliphatic rings. The molecule has 2 aromatic carbocycles. The van der Waals surface area contributed by atoms with Gasteiger partial charge in [-0.1, -0.05) is 37.1 Å². The summed E-state index contributed by atoms with van der Waals surface area (Å²) < 4.78 is 13.8. The second kappa shape index (κ2) is 6.82. The number of nitrogens with one attached hydrogen (secondary N) is 2. The van der Waals surface area contributed by atoms with Gasteiger partial charge in [0.15, 0.2) is 0 Å². The molecule has 0 aliphatic heterocycles. The average molecular weight is 298 g/mol. The summed E-state index contributed by atoms with van der Waals surface area (Å²) in [6, 6.07) is 15.2. The fourth-order valence-electron chi connectivity index (χ4n) is 3.25. The number of hydrogen-bond donors (Lipinski definition) is 2. The Morgan fingerprint density at radius 2 is 1.50 bits per heavy atom. The van der Waals surface area contributed by atoms with Crippen LogP contribution in [0.25, 0.3) is 0 Å². The van der Waals surface area contributed by atoms with Crippen LogP contribution in [0.3, 0.4) is 0 Å². The molecule has 3 rings (SSSR count). The molecule has 1 saturated carbocycles. The summed E-state index contributed by atoms with van der Waals surface area (Å²) in [5.74, 6) is 0.502. The Bertz CT molecular complexity index is 620. The van der Waals surface area contributed by atoms with E-state index in [9.17, 15) is 4.39 Å². The fraction of sp³-hybridized carbons (Fsp3) is 0.368. The maximum atomic E-state index is 13.8. The van der Waals surface area contributed by atoms with Crippen LogP contribution in [0.5, 0.6) is 0 Å². The maximum Gasteiger partial charge on any atom is 0.146 e. The van der Waals surface area contributed by atoms with E-state index in [-0.39, 0.29) is 5.82 Å². The van der Waals surface area contributed by atoms with Crippen molar-refractivity contribution in [1.29, 1.82) is 0 Å². The number of hydrogen-bond acceptors (Lipinski definition) is 2. The van der Waals surface area contributed by atoms with E-state index in [2.05, 4.69) is 23.6 Å². The topological polar surface area (TPSA) is 24.1 Å². The van der Waals surface area contributed by atoms with Crippen molar-refractivity contribution >= 4 is 17.1 Å². The lowest BCUT2D eigenvalue weighted by atomic mass is 9.99. The number of halogens is 1. The van der Waals surface area contributed by atoms with Crippen LogP contribution in [0.1, 0.15) is 32.6 Å². The highest BCUT2D eigenvalue weighted by Crippen LogP contribution is 2.32. The van der Waals surface area contributed by atoms with E-state index in [0.717, 1.165) is 17.3 Å². The molecule has 1 aliphatic carbocycles. The molecule has 2 N–H and O–H groups in total. The van der Waals surface area contributed by atoms with Gasteiger partial charge >= 0.3 is 0 Å². The molecule has 2 aromatic rings. The van der Waals surface area contributed by atoms with E-state index in [1.54, 1.807) is 12.1 Å². The Kier molecular flexibility index (Phi) is 4.62. The summed E-state index contributed by atoms with van der Waals surface area (Å²) in [7, 11) is 0. The van der Waals surface area contributed by atoms with Gasteiger partial charge in [0.2, 0.25) is 0 Å². The third-order valence-electron chi connectivity index (χ3n) is 4.56. The zero-order valence-electron chi connectivity index (χ0n) is 13.0. The van der Waals surface area contributed by atoms with Crippen LogP contribution in [0, 0.1) is 11.7 Å². The molecule has 1 unspecified atom stereocenters. The summed E-state index contributed by atoms with van der Waals surface area (Å²) >= 11 is 0. The van der Waals surface area contributed by atoms with Crippen LogP contribution in [0.15, 0.2) is 48.5 Å². The third kappa shape index (κ3) is 3.41. The van der Waals surface area contributed by atoms with Gasteiger partial charge in [-0.2, -0.15) is 0 Å². The Labute approximate surface area is 131 Å². The van der Waals surface area contributed by atoms with Gasteiger partial charge < -0.3 is 10.6 Å². The van der Waals surface area contributed by atoms with Crippen LogP contribution < -0.4 is 10.6 Å². The van der Waals surface area contributed by atoms with Crippen LogP contribution in [0.2, 0.25) is 0 Å². The highest BCUT2D eigenvalue weighted by molar-refractivity contribution is 5.74. The molecule has 1 atom stereocenters. The van der Waals surface area contributed by atoms with Gasteiger partial charge in [-0.05, 0) is 49.9 Å². The molecule has 116 valence electrons. The Morgan fingerprint density at radius 1 is 0.909 bits per heavy atom. The quantitative estimate of drug-likeness (QED) is 0.755. The van der Waals surface area contributed by atoms with Crippen LogP contribution in [-0.2, 0) is 0 Å². The number of para-hydroxylation sites is 3. The first-order valence-electron chi connectivity index (χ1n) is 8.11. The SMILES string of the molecule is CC(Nc1ccccc1Nc1ccccc1F)C1CCCC1. The molecule has 1 fully saturated rings. The van der Waals surface area contributed by atoms with Crippen molar-refractivity contribution in [3.63, 3.8) is 0 Å². The van der Waals surface area contributed by atoms with E-state index in [4.69, 9.17) is 0 Å². The molecule has 0 heterocycles. The second-order valence-corrected chi connectivity index (χ2v) is 6.13. The van der Waals surface area contributed by atoms with Gasteiger partial charge in [0.1, 0.15) is 5.82 Å². The average Bonchev–Trinajstić information content (AvgIpc) is 3.06. The van der Waals surface area contributed by atoms with Crippen molar-refractivity contribution in [2.24, 2.45) is 5.92 Å². The van der Waals surface area contributed by atoms with Crippen molar-refractivity contribution in [3.05, 3.63) is 54.3 Å². The molecule has 22 heavy (non-hydrogen) atoms. The van der Waals surface area contributed by atoms with Crippen LogP contribution in [0.4, 0.5) is 21.5 Å². The van der Waals surface area contributed by atoms with Crippen molar-refractivity contribution in [3.8, 4) is 0 Å². The van der Waals surface area contributed by atoms with E-state index >= 15 is 0 Å². The molecular formula is C19H23FN2. The molecule has 0 bridgehead atoms. The van der Waals surface area contributed by atoms with Crippen LogP contribution in [-0.4, -0.2) is 6.04 Å². The molecule has 0 aromatic heterocycles. The van der Waals surface area contributed by atoms with Crippen LogP contribution >= 0.6 is 0 Å². The standard InChI is InChI=1S/C19H23FN2/c1-14(15-8-2-3-9-15)21-18-12-6-7-13-19(18)22-17-11-5-4-10-16(17)20/h4-7,10-15,21-22H,2-3,8-9H2,1H3. The second-order valence-electron chi connectivity index (χ2n) is 6.13. The summed E-state index contributed by atoms with van der Waals surface area (Å²) in [6.07, 6.45) is 5.28. The Balaban J connectivity index is 1.76. The molecule has 0 saturated heterocycles. The summed E-state index contributed by atoms with van der Waals surface area (Å²) in [4.78, 5) is 0. The number of benzene rings is 2.